The summed E-state index contributed by atoms with van der Waals surface area (Å²) >= 11 is 0. The number of rotatable bonds is 3. The molecule has 3 atom stereocenters. The average molecular weight is 277 g/mol. The van der Waals surface area contributed by atoms with Gasteiger partial charge in [-0.1, -0.05) is 6.42 Å². The monoisotopic (exact) mass is 277 g/mol. The third-order valence-electron chi connectivity index (χ3n) is 5.05. The van der Waals surface area contributed by atoms with E-state index in [1.807, 2.05) is 6.07 Å². The molecule has 1 heterocycles. The van der Waals surface area contributed by atoms with Crippen molar-refractivity contribution in [1.29, 1.82) is 0 Å². The summed E-state index contributed by atoms with van der Waals surface area (Å²) in [7, 11) is 0. The fraction of sp³-hybridized carbons (Fsp3) is 0.500. The summed E-state index contributed by atoms with van der Waals surface area (Å²) in [6.45, 7) is -2.77. The Morgan fingerprint density at radius 1 is 1.20 bits per heavy atom. The number of halogens is 2. The number of nitrogens with one attached hydrogen (secondary N) is 1. The Bertz CT molecular complexity index is 636. The molecular formula is C16H17F2NO. The number of aromatic amines is 1. The molecule has 0 saturated heterocycles. The minimum Gasteiger partial charge on any atom is -0.435 e. The highest BCUT2D eigenvalue weighted by Gasteiger charge is 2.40. The summed E-state index contributed by atoms with van der Waals surface area (Å²) in [5.74, 6) is 2.48. The maximum Gasteiger partial charge on any atom is 0.387 e. The van der Waals surface area contributed by atoms with Crippen LogP contribution >= 0.6 is 0 Å². The molecule has 2 saturated carbocycles. The van der Waals surface area contributed by atoms with Crippen LogP contribution in [-0.4, -0.2) is 11.6 Å². The molecule has 1 N–H and O–H groups in total. The topological polar surface area (TPSA) is 25.0 Å². The van der Waals surface area contributed by atoms with Crippen LogP contribution in [0.4, 0.5) is 8.78 Å². The lowest BCUT2D eigenvalue weighted by Crippen LogP contribution is -2.08. The molecule has 0 amide bonds. The van der Waals surface area contributed by atoms with Gasteiger partial charge in [0.25, 0.3) is 0 Å². The molecule has 2 aliphatic carbocycles. The molecule has 1 aromatic carbocycles. The molecule has 20 heavy (non-hydrogen) atoms. The molecule has 106 valence electrons. The second-order valence-electron chi connectivity index (χ2n) is 6.11. The van der Waals surface area contributed by atoms with Gasteiger partial charge in [0.15, 0.2) is 0 Å². The van der Waals surface area contributed by atoms with E-state index in [0.717, 1.165) is 22.7 Å². The van der Waals surface area contributed by atoms with E-state index in [1.54, 1.807) is 12.1 Å². The molecular weight excluding hydrogens is 260 g/mol. The summed E-state index contributed by atoms with van der Waals surface area (Å²) in [6.07, 6.45) is 7.32. The Kier molecular flexibility index (Phi) is 2.72. The van der Waals surface area contributed by atoms with E-state index in [9.17, 15) is 8.78 Å². The predicted octanol–water partition coefficient (Wildman–Crippen LogP) is 4.67. The van der Waals surface area contributed by atoms with E-state index < -0.39 is 6.61 Å². The molecule has 0 aliphatic heterocycles. The third kappa shape index (κ3) is 1.89. The lowest BCUT2D eigenvalue weighted by molar-refractivity contribution is -0.0497. The zero-order valence-electron chi connectivity index (χ0n) is 11.1. The van der Waals surface area contributed by atoms with E-state index in [0.29, 0.717) is 5.92 Å². The SMILES string of the molecule is FC(F)Oc1ccc2[nH]cc(C3CC4CCC3C4)c2c1. The van der Waals surface area contributed by atoms with Gasteiger partial charge in [-0.2, -0.15) is 8.78 Å². The summed E-state index contributed by atoms with van der Waals surface area (Å²) < 4.78 is 29.2. The van der Waals surface area contributed by atoms with Crippen LogP contribution in [0.2, 0.25) is 0 Å². The van der Waals surface area contributed by atoms with Gasteiger partial charge in [-0.15, -0.1) is 0 Å². The first-order valence-electron chi connectivity index (χ1n) is 7.26. The minimum absolute atomic E-state index is 0.247. The molecule has 2 fully saturated rings. The fourth-order valence-corrected chi connectivity index (χ4v) is 4.23. The molecule has 3 unspecified atom stereocenters. The minimum atomic E-state index is -2.77. The van der Waals surface area contributed by atoms with Crippen LogP contribution in [0.3, 0.4) is 0 Å². The highest BCUT2D eigenvalue weighted by atomic mass is 19.3. The van der Waals surface area contributed by atoms with Crippen molar-refractivity contribution >= 4 is 10.9 Å². The van der Waals surface area contributed by atoms with Gasteiger partial charge in [0.05, 0.1) is 0 Å². The van der Waals surface area contributed by atoms with E-state index in [2.05, 4.69) is 15.9 Å². The van der Waals surface area contributed by atoms with Crippen LogP contribution in [0, 0.1) is 11.8 Å². The number of hydrogen-bond acceptors (Lipinski definition) is 1. The van der Waals surface area contributed by atoms with Crippen LogP contribution in [0.25, 0.3) is 10.9 Å². The van der Waals surface area contributed by atoms with E-state index in [4.69, 9.17) is 0 Å². The van der Waals surface area contributed by atoms with Gasteiger partial charge in [-0.25, -0.2) is 0 Å². The second kappa shape index (κ2) is 4.47. The highest BCUT2D eigenvalue weighted by Crippen LogP contribution is 2.54. The third-order valence-corrected chi connectivity index (χ3v) is 5.05. The van der Waals surface area contributed by atoms with Crippen molar-refractivity contribution in [3.63, 3.8) is 0 Å². The van der Waals surface area contributed by atoms with Gasteiger partial charge >= 0.3 is 6.61 Å². The molecule has 2 aromatic rings. The maximum atomic E-state index is 12.3. The Labute approximate surface area is 116 Å². The second-order valence-corrected chi connectivity index (χ2v) is 6.11. The summed E-state index contributed by atoms with van der Waals surface area (Å²) in [5.41, 5.74) is 2.29. The smallest absolute Gasteiger partial charge is 0.387 e. The van der Waals surface area contributed by atoms with Crippen LogP contribution in [0.1, 0.15) is 37.2 Å². The average Bonchev–Trinajstić information content (AvgIpc) is 3.11. The van der Waals surface area contributed by atoms with Crippen molar-refractivity contribution < 1.29 is 13.5 Å². The molecule has 2 aliphatic rings. The molecule has 0 radical (unpaired) electrons. The van der Waals surface area contributed by atoms with Crippen LogP contribution in [-0.2, 0) is 0 Å². The van der Waals surface area contributed by atoms with E-state index in [-0.39, 0.29) is 5.75 Å². The van der Waals surface area contributed by atoms with Crippen molar-refractivity contribution in [3.05, 3.63) is 30.0 Å². The largest absolute Gasteiger partial charge is 0.435 e. The van der Waals surface area contributed by atoms with Crippen molar-refractivity contribution in [2.75, 3.05) is 0 Å². The fourth-order valence-electron chi connectivity index (χ4n) is 4.23. The molecule has 4 heteroatoms. The lowest BCUT2D eigenvalue weighted by atomic mass is 9.83. The number of aromatic nitrogens is 1. The van der Waals surface area contributed by atoms with Gasteiger partial charge in [-0.3, -0.25) is 0 Å². The van der Waals surface area contributed by atoms with Crippen LogP contribution in [0.5, 0.6) is 5.75 Å². The zero-order valence-corrected chi connectivity index (χ0v) is 11.1. The summed E-state index contributed by atoms with van der Waals surface area (Å²) in [6, 6.07) is 5.17. The van der Waals surface area contributed by atoms with Crippen LogP contribution in [0.15, 0.2) is 24.4 Å². The Hall–Kier alpha value is -1.58. The maximum absolute atomic E-state index is 12.3. The van der Waals surface area contributed by atoms with Gasteiger partial charge in [-0.05, 0) is 60.8 Å². The van der Waals surface area contributed by atoms with Crippen molar-refractivity contribution in [2.24, 2.45) is 11.8 Å². The Morgan fingerprint density at radius 2 is 2.10 bits per heavy atom. The van der Waals surface area contributed by atoms with E-state index >= 15 is 0 Å². The van der Waals surface area contributed by atoms with Gasteiger partial charge in [0.2, 0.25) is 0 Å². The lowest BCUT2D eigenvalue weighted by Gasteiger charge is -2.21. The highest BCUT2D eigenvalue weighted by molar-refractivity contribution is 5.85. The first-order chi connectivity index (χ1) is 9.70. The number of H-pyrrole nitrogens is 1. The first kappa shape index (κ1) is 12.2. The van der Waals surface area contributed by atoms with Gasteiger partial charge in [0.1, 0.15) is 5.75 Å². The number of hydrogen-bond donors (Lipinski definition) is 1. The normalized spacial score (nSPS) is 28.6. The zero-order chi connectivity index (χ0) is 13.7. The Morgan fingerprint density at radius 3 is 2.80 bits per heavy atom. The molecule has 2 nitrogen and oxygen atoms in total. The Balaban J connectivity index is 1.72. The van der Waals surface area contributed by atoms with Crippen molar-refractivity contribution in [1.82, 2.24) is 4.98 Å². The number of ether oxygens (including phenoxy) is 1. The summed E-state index contributed by atoms with van der Waals surface area (Å²) in [5, 5.41) is 1.04. The molecule has 2 bridgehead atoms. The van der Waals surface area contributed by atoms with Gasteiger partial charge in [0, 0.05) is 17.1 Å². The standard InChI is InChI=1S/C16H17F2NO/c17-16(18)20-11-3-4-15-13(7-11)14(8-19-15)12-6-9-1-2-10(12)5-9/h3-4,7-10,12,16,19H,1-2,5-6H2. The van der Waals surface area contributed by atoms with Gasteiger partial charge < -0.3 is 9.72 Å². The van der Waals surface area contributed by atoms with Crippen molar-refractivity contribution in [3.8, 4) is 5.75 Å². The molecule has 0 spiro atoms. The number of benzene rings is 1. The quantitative estimate of drug-likeness (QED) is 0.866. The van der Waals surface area contributed by atoms with E-state index in [1.165, 1.54) is 31.2 Å². The number of alkyl halides is 2. The predicted molar refractivity (Wildman–Crippen MR) is 73.1 cm³/mol. The van der Waals surface area contributed by atoms with Crippen LogP contribution < -0.4 is 4.74 Å². The number of fused-ring (bicyclic) bond motifs is 3. The first-order valence-corrected chi connectivity index (χ1v) is 7.26. The van der Waals surface area contributed by atoms with Crippen molar-refractivity contribution in [2.45, 2.75) is 38.2 Å². The molecule has 1 aromatic heterocycles. The molecule has 4 rings (SSSR count). The summed E-state index contributed by atoms with van der Waals surface area (Å²) in [4.78, 5) is 3.26.